The number of phenolic OH excluding ortho intramolecular Hbond substituents is 1. The van der Waals surface area contributed by atoms with Gasteiger partial charge in [-0.05, 0) is 68.3 Å². The molecule has 11 atom stereocenters. The van der Waals surface area contributed by atoms with Crippen LogP contribution in [0.25, 0.3) is 0 Å². The second kappa shape index (κ2) is 11.2. The predicted octanol–water partition coefficient (Wildman–Crippen LogP) is 4.00. The molecule has 5 saturated heterocycles. The summed E-state index contributed by atoms with van der Waals surface area (Å²) in [5, 5.41) is 31.8. The quantitative estimate of drug-likeness (QED) is 0.189. The van der Waals surface area contributed by atoms with E-state index >= 15 is 0 Å². The number of rotatable bonds is 6. The van der Waals surface area contributed by atoms with Crippen LogP contribution in [0.15, 0.2) is 40.7 Å². The highest BCUT2D eigenvalue weighted by molar-refractivity contribution is 5.95. The topological polar surface area (TPSA) is 164 Å². The number of aliphatic hydroxyl groups excluding tert-OH is 1. The number of nitrogens with one attached hydrogen (secondary N) is 2. The lowest BCUT2D eigenvalue weighted by Gasteiger charge is -2.60. The second-order valence-electron chi connectivity index (χ2n) is 18.3. The zero-order valence-corrected chi connectivity index (χ0v) is 33.7. The number of epoxide rings is 1. The SMILES string of the molecule is CCC12CC(C(=O)OC)=C3Nc4cc5c(cc4[C@@]34CCN(C[C@H]3O[C@H]31)[C@@H]24)[C@@H]1[C@H](O5)[C@@H](O)[C@@]2(CC)CC(C(=O)OC)=C3Nc4c(cc(O)c(OC)c4OC)[C@@]34CCN1[C@@H]24. The minimum Gasteiger partial charge on any atom is -0.504 e. The standard InChI is InChI=1S/C44H50N4O10/c1-7-41-16-20(37(51)55-5)34-44(23-14-25(49)30(53-3)31(54-4)28(23)46-34)10-12-48(40(41)44)29-19-13-22-24(15-26(19)57-32(29)35(41)50)45-33-21(38(52)56-6)17-42(8-2)36-27(58-36)18-47-11-9-43(22,33)39(42)47/h13-15,27,29,32,35-36,39-40,45-46,49-50H,7-12,16-18H2,1-6H3/t27-,29-,32+,35-,36-,39+,40+,41-,42?,43+,44+/m1/s1. The first kappa shape index (κ1) is 35.4. The van der Waals surface area contributed by atoms with Crippen molar-refractivity contribution in [1.82, 2.24) is 9.80 Å². The smallest absolute Gasteiger partial charge is 0.335 e. The summed E-state index contributed by atoms with van der Waals surface area (Å²) in [6, 6.07) is 5.72. The van der Waals surface area contributed by atoms with Crippen molar-refractivity contribution < 1.29 is 48.2 Å². The van der Waals surface area contributed by atoms with Crippen molar-refractivity contribution in [3.05, 3.63) is 57.4 Å². The van der Waals surface area contributed by atoms with Crippen molar-refractivity contribution in [3.63, 3.8) is 0 Å². The summed E-state index contributed by atoms with van der Waals surface area (Å²) >= 11 is 0. The van der Waals surface area contributed by atoms with Crippen LogP contribution in [0.5, 0.6) is 23.0 Å². The van der Waals surface area contributed by atoms with Crippen LogP contribution in [0, 0.1) is 10.8 Å². The van der Waals surface area contributed by atoms with Crippen molar-refractivity contribution in [2.24, 2.45) is 10.8 Å². The Kier molecular flexibility index (Phi) is 6.84. The van der Waals surface area contributed by atoms with Crippen LogP contribution in [-0.4, -0.2) is 117 Å². The summed E-state index contributed by atoms with van der Waals surface area (Å²) in [4.78, 5) is 32.8. The summed E-state index contributed by atoms with van der Waals surface area (Å²) in [5.41, 5.74) is 5.09. The minimum absolute atomic E-state index is 0.0607. The molecule has 5 fully saturated rings. The normalized spacial score (nSPS) is 40.0. The Morgan fingerprint density at radius 1 is 0.862 bits per heavy atom. The molecule has 2 aromatic rings. The number of carbonyl (C=O) groups excluding carboxylic acids is 2. The average Bonchev–Trinajstić information content (AvgIpc) is 3.57. The lowest BCUT2D eigenvalue weighted by Crippen LogP contribution is -2.69. The van der Waals surface area contributed by atoms with Crippen molar-refractivity contribution in [2.45, 2.75) is 106 Å². The van der Waals surface area contributed by atoms with Crippen molar-refractivity contribution in [1.29, 1.82) is 0 Å². The number of fused-ring (bicyclic) bond motifs is 8. The Bertz CT molecular complexity index is 2350. The summed E-state index contributed by atoms with van der Waals surface area (Å²) in [6.45, 7) is 6.76. The van der Waals surface area contributed by atoms with Gasteiger partial charge in [0.15, 0.2) is 11.5 Å². The number of aliphatic hydroxyl groups is 1. The van der Waals surface area contributed by atoms with E-state index in [-0.39, 0.29) is 59.6 Å². The summed E-state index contributed by atoms with van der Waals surface area (Å²) < 4.78 is 35.8. The van der Waals surface area contributed by atoms with Gasteiger partial charge in [-0.15, -0.1) is 0 Å². The van der Waals surface area contributed by atoms with Gasteiger partial charge in [0.1, 0.15) is 18.0 Å². The van der Waals surface area contributed by atoms with E-state index in [1.54, 1.807) is 13.2 Å². The molecule has 4 N–H and O–H groups in total. The van der Waals surface area contributed by atoms with E-state index in [1.807, 2.05) is 0 Å². The number of phenols is 1. The fourth-order valence-electron chi connectivity index (χ4n) is 14.9. The van der Waals surface area contributed by atoms with Gasteiger partial charge >= 0.3 is 11.9 Å². The summed E-state index contributed by atoms with van der Waals surface area (Å²) in [7, 11) is 5.89. The number of hydrogen-bond donors (Lipinski definition) is 4. The molecule has 12 rings (SSSR count). The number of aromatic hydroxyl groups is 1. The number of methoxy groups -OCH3 is 4. The summed E-state index contributed by atoms with van der Waals surface area (Å²) in [5.74, 6) is 0.458. The molecule has 0 bridgehead atoms. The first-order valence-corrected chi connectivity index (χ1v) is 20.9. The molecule has 10 aliphatic rings. The Labute approximate surface area is 336 Å². The lowest BCUT2D eigenvalue weighted by atomic mass is 9.51. The molecule has 0 aromatic heterocycles. The fourth-order valence-corrected chi connectivity index (χ4v) is 14.9. The van der Waals surface area contributed by atoms with E-state index < -0.39 is 34.4 Å². The number of nitrogens with zero attached hydrogens (tertiary/aromatic N) is 2. The third-order valence-corrected chi connectivity index (χ3v) is 16.9. The van der Waals surface area contributed by atoms with Crippen LogP contribution in [0.4, 0.5) is 11.4 Å². The summed E-state index contributed by atoms with van der Waals surface area (Å²) in [6.07, 6.45) is 2.52. The molecule has 0 saturated carbocycles. The minimum atomic E-state index is -0.959. The number of carbonyl (C=O) groups is 2. The highest BCUT2D eigenvalue weighted by Crippen LogP contribution is 2.73. The van der Waals surface area contributed by atoms with Gasteiger partial charge in [0, 0.05) is 64.7 Å². The first-order chi connectivity index (χ1) is 28.0. The molecule has 0 radical (unpaired) electrons. The fraction of sp³-hybridized carbons (Fsp3) is 0.591. The van der Waals surface area contributed by atoms with Crippen LogP contribution in [-0.2, 0) is 34.6 Å². The van der Waals surface area contributed by atoms with Gasteiger partial charge in [-0.25, -0.2) is 9.59 Å². The molecule has 2 aromatic carbocycles. The van der Waals surface area contributed by atoms with Crippen molar-refractivity contribution in [2.75, 3.05) is 58.7 Å². The number of esters is 2. The third kappa shape index (κ3) is 3.66. The lowest BCUT2D eigenvalue weighted by molar-refractivity contribution is -0.168. The largest absolute Gasteiger partial charge is 0.504 e. The zero-order valence-electron chi connectivity index (χ0n) is 33.7. The van der Waals surface area contributed by atoms with Crippen LogP contribution in [0.2, 0.25) is 0 Å². The number of ether oxygens (including phenoxy) is 6. The maximum Gasteiger partial charge on any atom is 0.335 e. The molecule has 2 spiro atoms. The Morgan fingerprint density at radius 2 is 1.53 bits per heavy atom. The Hall–Kier alpha value is -4.50. The molecule has 14 nitrogen and oxygen atoms in total. The van der Waals surface area contributed by atoms with Crippen LogP contribution in [0.1, 0.15) is 75.1 Å². The molecule has 8 heterocycles. The van der Waals surface area contributed by atoms with E-state index in [2.05, 4.69) is 46.4 Å². The number of anilines is 2. The monoisotopic (exact) mass is 794 g/mol. The number of hydrogen-bond acceptors (Lipinski definition) is 14. The molecule has 14 heteroatoms. The van der Waals surface area contributed by atoms with Gasteiger partial charge in [0.2, 0.25) is 5.75 Å². The maximum atomic E-state index is 13.9. The van der Waals surface area contributed by atoms with Gasteiger partial charge in [-0.2, -0.15) is 0 Å². The molecule has 0 amide bonds. The van der Waals surface area contributed by atoms with E-state index in [1.165, 1.54) is 26.9 Å². The first-order valence-electron chi connectivity index (χ1n) is 20.9. The highest BCUT2D eigenvalue weighted by Gasteiger charge is 2.76. The zero-order chi connectivity index (χ0) is 40.0. The molecule has 306 valence electrons. The molecule has 8 aliphatic heterocycles. The molecule has 1 unspecified atom stereocenters. The van der Waals surface area contributed by atoms with Crippen molar-refractivity contribution in [3.8, 4) is 23.0 Å². The Balaban J connectivity index is 1.05. The Morgan fingerprint density at radius 3 is 2.22 bits per heavy atom. The van der Waals surface area contributed by atoms with E-state index in [9.17, 15) is 19.8 Å². The molecule has 2 aliphatic carbocycles. The number of benzene rings is 2. The van der Waals surface area contributed by atoms with Gasteiger partial charge < -0.3 is 49.3 Å². The predicted molar refractivity (Wildman–Crippen MR) is 208 cm³/mol. The van der Waals surface area contributed by atoms with E-state index in [4.69, 9.17) is 28.4 Å². The highest BCUT2D eigenvalue weighted by atomic mass is 16.6. The van der Waals surface area contributed by atoms with Crippen LogP contribution >= 0.6 is 0 Å². The third-order valence-electron chi connectivity index (χ3n) is 16.9. The molecule has 58 heavy (non-hydrogen) atoms. The molecular weight excluding hydrogens is 745 g/mol. The maximum absolute atomic E-state index is 13.9. The van der Waals surface area contributed by atoms with Gasteiger partial charge in [0.05, 0.1) is 74.4 Å². The van der Waals surface area contributed by atoms with E-state index in [0.29, 0.717) is 54.1 Å². The van der Waals surface area contributed by atoms with Crippen LogP contribution < -0.4 is 24.8 Å². The van der Waals surface area contributed by atoms with Crippen molar-refractivity contribution >= 4 is 23.3 Å². The van der Waals surface area contributed by atoms with Gasteiger partial charge in [-0.1, -0.05) is 13.8 Å². The number of piperidine rings is 2. The molecular formula is C44H50N4O10. The average molecular weight is 795 g/mol. The second-order valence-corrected chi connectivity index (χ2v) is 18.3. The van der Waals surface area contributed by atoms with Gasteiger partial charge in [-0.3, -0.25) is 9.80 Å². The van der Waals surface area contributed by atoms with Gasteiger partial charge in [0.25, 0.3) is 0 Å². The van der Waals surface area contributed by atoms with E-state index in [0.717, 1.165) is 54.1 Å². The van der Waals surface area contributed by atoms with Crippen LogP contribution in [0.3, 0.4) is 0 Å².